The highest BCUT2D eigenvalue weighted by Gasteiger charge is 2.16. The Bertz CT molecular complexity index is 857. The lowest BCUT2D eigenvalue weighted by Crippen LogP contribution is -2.47. The standard InChI is InChI=1S/C21H23ClN4/c22-18-6-8-19(9-7-18)26-15-13-25(14-16-26)12-11-23-21-10-5-17-3-1-2-4-20(17)24-21/h1-10H,11-16H2,(H,23,24). The van der Waals surface area contributed by atoms with Gasteiger partial charge in [-0.1, -0.05) is 29.8 Å². The minimum Gasteiger partial charge on any atom is -0.369 e. The Hall–Kier alpha value is -2.30. The third-order valence-corrected chi connectivity index (χ3v) is 5.15. The molecule has 3 aromatic rings. The maximum absolute atomic E-state index is 5.97. The third-order valence-electron chi connectivity index (χ3n) is 4.90. The fourth-order valence-electron chi connectivity index (χ4n) is 3.39. The van der Waals surface area contributed by atoms with Crippen LogP contribution in [0.4, 0.5) is 11.5 Å². The van der Waals surface area contributed by atoms with E-state index in [9.17, 15) is 0 Å². The van der Waals surface area contributed by atoms with Crippen LogP contribution >= 0.6 is 11.6 Å². The van der Waals surface area contributed by atoms with E-state index in [4.69, 9.17) is 11.6 Å². The lowest BCUT2D eigenvalue weighted by atomic mass is 10.2. The first-order chi connectivity index (χ1) is 12.8. The van der Waals surface area contributed by atoms with Gasteiger partial charge in [0.15, 0.2) is 0 Å². The van der Waals surface area contributed by atoms with E-state index in [1.54, 1.807) is 0 Å². The largest absolute Gasteiger partial charge is 0.369 e. The van der Waals surface area contributed by atoms with Gasteiger partial charge in [0.05, 0.1) is 5.52 Å². The lowest BCUT2D eigenvalue weighted by Gasteiger charge is -2.36. The van der Waals surface area contributed by atoms with Gasteiger partial charge in [0.25, 0.3) is 0 Å². The summed E-state index contributed by atoms with van der Waals surface area (Å²) in [7, 11) is 0. The first kappa shape index (κ1) is 17.1. The van der Waals surface area contributed by atoms with Gasteiger partial charge in [-0.15, -0.1) is 0 Å². The third kappa shape index (κ3) is 4.09. The number of para-hydroxylation sites is 1. The van der Waals surface area contributed by atoms with Crippen LogP contribution in [0.3, 0.4) is 0 Å². The quantitative estimate of drug-likeness (QED) is 0.736. The van der Waals surface area contributed by atoms with Gasteiger partial charge in [0, 0.05) is 55.4 Å². The fourth-order valence-corrected chi connectivity index (χ4v) is 3.51. The maximum Gasteiger partial charge on any atom is 0.126 e. The predicted molar refractivity (Wildman–Crippen MR) is 110 cm³/mol. The monoisotopic (exact) mass is 366 g/mol. The number of piperazine rings is 1. The van der Waals surface area contributed by atoms with Crippen molar-refractivity contribution in [2.24, 2.45) is 0 Å². The highest BCUT2D eigenvalue weighted by molar-refractivity contribution is 6.30. The molecular formula is C21H23ClN4. The van der Waals surface area contributed by atoms with Crippen LogP contribution in [0.1, 0.15) is 0 Å². The Morgan fingerprint density at radius 3 is 2.46 bits per heavy atom. The maximum atomic E-state index is 5.97. The molecule has 4 nitrogen and oxygen atoms in total. The van der Waals surface area contributed by atoms with Crippen LogP contribution in [0.25, 0.3) is 10.9 Å². The smallest absolute Gasteiger partial charge is 0.126 e. The van der Waals surface area contributed by atoms with Gasteiger partial charge < -0.3 is 10.2 Å². The fraction of sp³-hybridized carbons (Fsp3) is 0.286. The molecule has 1 fully saturated rings. The van der Waals surface area contributed by atoms with Crippen molar-refractivity contribution in [1.29, 1.82) is 0 Å². The molecule has 1 saturated heterocycles. The van der Waals surface area contributed by atoms with Crippen molar-refractivity contribution in [2.75, 3.05) is 49.5 Å². The molecule has 134 valence electrons. The number of hydrogen-bond acceptors (Lipinski definition) is 4. The molecule has 0 aliphatic carbocycles. The molecule has 0 amide bonds. The second-order valence-electron chi connectivity index (χ2n) is 6.62. The molecule has 2 aromatic carbocycles. The molecule has 2 heterocycles. The summed E-state index contributed by atoms with van der Waals surface area (Å²) in [4.78, 5) is 9.59. The summed E-state index contributed by atoms with van der Waals surface area (Å²) in [6, 6.07) is 20.5. The average molecular weight is 367 g/mol. The van der Waals surface area contributed by atoms with Gasteiger partial charge in [0.2, 0.25) is 0 Å². The zero-order valence-electron chi connectivity index (χ0n) is 14.7. The molecular weight excluding hydrogens is 344 g/mol. The van der Waals surface area contributed by atoms with Crippen molar-refractivity contribution >= 4 is 34.0 Å². The Morgan fingerprint density at radius 1 is 0.885 bits per heavy atom. The van der Waals surface area contributed by atoms with Gasteiger partial charge in [0.1, 0.15) is 5.82 Å². The van der Waals surface area contributed by atoms with Gasteiger partial charge in [-0.2, -0.15) is 0 Å². The summed E-state index contributed by atoms with van der Waals surface area (Å²) in [6.07, 6.45) is 0. The summed E-state index contributed by atoms with van der Waals surface area (Å²) in [5.41, 5.74) is 2.29. The van der Waals surface area contributed by atoms with Gasteiger partial charge >= 0.3 is 0 Å². The zero-order chi connectivity index (χ0) is 17.8. The number of halogens is 1. The summed E-state index contributed by atoms with van der Waals surface area (Å²) in [5.74, 6) is 0.948. The van der Waals surface area contributed by atoms with Crippen LogP contribution in [0, 0.1) is 0 Å². The molecule has 5 heteroatoms. The summed E-state index contributed by atoms with van der Waals surface area (Å²) < 4.78 is 0. The van der Waals surface area contributed by atoms with Crippen LogP contribution in [0.5, 0.6) is 0 Å². The lowest BCUT2D eigenvalue weighted by molar-refractivity contribution is 0.267. The van der Waals surface area contributed by atoms with Crippen LogP contribution in [0.15, 0.2) is 60.7 Å². The van der Waals surface area contributed by atoms with Crippen LogP contribution in [-0.4, -0.2) is 49.2 Å². The number of aromatic nitrogens is 1. The zero-order valence-corrected chi connectivity index (χ0v) is 15.5. The van der Waals surface area contributed by atoms with E-state index in [1.807, 2.05) is 24.3 Å². The normalized spacial score (nSPS) is 15.3. The molecule has 0 bridgehead atoms. The second kappa shape index (κ2) is 7.94. The molecule has 0 radical (unpaired) electrons. The summed E-state index contributed by atoms with van der Waals surface area (Å²) in [6.45, 7) is 6.20. The van der Waals surface area contributed by atoms with Crippen LogP contribution in [0.2, 0.25) is 5.02 Å². The van der Waals surface area contributed by atoms with Gasteiger partial charge in [-0.25, -0.2) is 4.98 Å². The molecule has 26 heavy (non-hydrogen) atoms. The Labute approximate surface area is 159 Å². The molecule has 0 saturated carbocycles. The van der Waals surface area contributed by atoms with Gasteiger partial charge in [-0.05, 0) is 42.5 Å². The van der Waals surface area contributed by atoms with Crippen molar-refractivity contribution in [2.45, 2.75) is 0 Å². The number of fused-ring (bicyclic) bond motifs is 1. The van der Waals surface area contributed by atoms with E-state index < -0.39 is 0 Å². The van der Waals surface area contributed by atoms with Gasteiger partial charge in [-0.3, -0.25) is 4.90 Å². The number of rotatable bonds is 5. The Balaban J connectivity index is 1.25. The number of anilines is 2. The van der Waals surface area contributed by atoms with E-state index in [2.05, 4.69) is 56.5 Å². The number of nitrogens with zero attached hydrogens (tertiary/aromatic N) is 3. The van der Waals surface area contributed by atoms with Crippen LogP contribution < -0.4 is 10.2 Å². The first-order valence-corrected chi connectivity index (χ1v) is 9.48. The minimum absolute atomic E-state index is 0.792. The van der Waals surface area contributed by atoms with Crippen molar-refractivity contribution in [3.63, 3.8) is 0 Å². The number of pyridine rings is 1. The van der Waals surface area contributed by atoms with Crippen molar-refractivity contribution in [3.05, 3.63) is 65.7 Å². The number of nitrogens with one attached hydrogen (secondary N) is 1. The predicted octanol–water partition coefficient (Wildman–Crippen LogP) is 4.12. The molecule has 0 spiro atoms. The second-order valence-corrected chi connectivity index (χ2v) is 7.06. The Kier molecular flexibility index (Phi) is 5.23. The molecule has 1 N–H and O–H groups in total. The van der Waals surface area contributed by atoms with E-state index in [0.29, 0.717) is 0 Å². The van der Waals surface area contributed by atoms with Crippen LogP contribution in [-0.2, 0) is 0 Å². The molecule has 4 rings (SSSR count). The number of benzene rings is 2. The van der Waals surface area contributed by atoms with E-state index in [1.165, 1.54) is 11.1 Å². The van der Waals surface area contributed by atoms with E-state index in [-0.39, 0.29) is 0 Å². The molecule has 1 aromatic heterocycles. The summed E-state index contributed by atoms with van der Waals surface area (Å²) >= 11 is 5.97. The van der Waals surface area contributed by atoms with E-state index in [0.717, 1.165) is 55.6 Å². The first-order valence-electron chi connectivity index (χ1n) is 9.10. The molecule has 1 aliphatic heterocycles. The van der Waals surface area contributed by atoms with Crippen molar-refractivity contribution in [3.8, 4) is 0 Å². The van der Waals surface area contributed by atoms with Crippen molar-refractivity contribution < 1.29 is 0 Å². The van der Waals surface area contributed by atoms with E-state index >= 15 is 0 Å². The summed E-state index contributed by atoms with van der Waals surface area (Å²) in [5, 5.41) is 5.42. The average Bonchev–Trinajstić information content (AvgIpc) is 2.69. The van der Waals surface area contributed by atoms with Crippen molar-refractivity contribution in [1.82, 2.24) is 9.88 Å². The Morgan fingerprint density at radius 2 is 1.65 bits per heavy atom. The highest BCUT2D eigenvalue weighted by Crippen LogP contribution is 2.19. The SMILES string of the molecule is Clc1ccc(N2CCN(CCNc3ccc4ccccc4n3)CC2)cc1. The minimum atomic E-state index is 0.792. The topological polar surface area (TPSA) is 31.4 Å². The molecule has 1 aliphatic rings. The highest BCUT2D eigenvalue weighted by atomic mass is 35.5. The number of hydrogen-bond donors (Lipinski definition) is 1. The molecule has 0 unspecified atom stereocenters. The molecule has 0 atom stereocenters.